The lowest BCUT2D eigenvalue weighted by molar-refractivity contribution is 0.145. The highest BCUT2D eigenvalue weighted by Crippen LogP contribution is 2.19. The van der Waals surface area contributed by atoms with Crippen molar-refractivity contribution in [2.75, 3.05) is 0 Å². The molecule has 0 unspecified atom stereocenters. The zero-order valence-electron chi connectivity index (χ0n) is 6.85. The van der Waals surface area contributed by atoms with Crippen LogP contribution in [0.5, 0.6) is 0 Å². The van der Waals surface area contributed by atoms with Crippen LogP contribution in [0.3, 0.4) is 0 Å². The fraction of sp³-hybridized carbons (Fsp3) is 0.250. The molecule has 1 rings (SSSR count). The number of hydrogen-bond donors (Lipinski definition) is 1. The van der Waals surface area contributed by atoms with E-state index >= 15 is 0 Å². The number of aromatic amines is 1. The number of H-pyrrole nitrogens is 1. The topological polar surface area (TPSA) is 56.6 Å². The standard InChI is InChI=1S/C8H5ClF2N2O/c9-1-5-6(8(10)11)13-3-4(2-12)7(5)14/h3,8H,1H2,(H,13,14). The molecule has 14 heavy (non-hydrogen) atoms. The number of hydrogen-bond acceptors (Lipinski definition) is 2. The quantitative estimate of drug-likeness (QED) is 0.771. The number of halogens is 3. The summed E-state index contributed by atoms with van der Waals surface area (Å²) in [6.07, 6.45) is -1.84. The van der Waals surface area contributed by atoms with Crippen molar-refractivity contribution in [3.8, 4) is 6.07 Å². The largest absolute Gasteiger partial charge is 0.359 e. The van der Waals surface area contributed by atoms with E-state index in [1.807, 2.05) is 0 Å². The van der Waals surface area contributed by atoms with Gasteiger partial charge in [0.1, 0.15) is 11.6 Å². The molecule has 1 heterocycles. The summed E-state index contributed by atoms with van der Waals surface area (Å²) in [6.45, 7) is 0. The van der Waals surface area contributed by atoms with E-state index in [1.54, 1.807) is 6.07 Å². The van der Waals surface area contributed by atoms with E-state index in [0.29, 0.717) is 0 Å². The molecule has 0 radical (unpaired) electrons. The Balaban J connectivity index is 3.46. The summed E-state index contributed by atoms with van der Waals surface area (Å²) in [5, 5.41) is 8.47. The van der Waals surface area contributed by atoms with Crippen molar-refractivity contribution in [1.29, 1.82) is 5.26 Å². The molecule has 0 saturated carbocycles. The fourth-order valence-electron chi connectivity index (χ4n) is 0.998. The Bertz CT molecular complexity index is 436. The average Bonchev–Trinajstić information content (AvgIpc) is 2.17. The molecule has 0 aliphatic rings. The average molecular weight is 219 g/mol. The Labute approximate surface area is 82.9 Å². The number of rotatable bonds is 2. The molecule has 0 atom stereocenters. The van der Waals surface area contributed by atoms with Crippen LogP contribution >= 0.6 is 11.6 Å². The smallest absolute Gasteiger partial charge is 0.278 e. The maximum atomic E-state index is 12.3. The van der Waals surface area contributed by atoms with E-state index in [-0.39, 0.29) is 17.0 Å². The zero-order chi connectivity index (χ0) is 10.7. The second-order valence-electron chi connectivity index (χ2n) is 2.47. The van der Waals surface area contributed by atoms with Crippen molar-refractivity contribution in [1.82, 2.24) is 4.98 Å². The lowest BCUT2D eigenvalue weighted by atomic mass is 10.1. The van der Waals surface area contributed by atoms with Gasteiger partial charge in [-0.05, 0) is 0 Å². The number of pyridine rings is 1. The first kappa shape index (κ1) is 10.7. The van der Waals surface area contributed by atoms with Crippen LogP contribution in [0.25, 0.3) is 0 Å². The van der Waals surface area contributed by atoms with Gasteiger partial charge in [-0.25, -0.2) is 8.78 Å². The van der Waals surface area contributed by atoms with Crippen molar-refractivity contribution in [3.63, 3.8) is 0 Å². The number of aromatic nitrogens is 1. The minimum Gasteiger partial charge on any atom is -0.359 e. The highest BCUT2D eigenvalue weighted by atomic mass is 35.5. The molecule has 0 aliphatic heterocycles. The highest BCUT2D eigenvalue weighted by molar-refractivity contribution is 6.17. The summed E-state index contributed by atoms with van der Waals surface area (Å²) >= 11 is 5.35. The molecule has 3 nitrogen and oxygen atoms in total. The Morgan fingerprint density at radius 1 is 1.64 bits per heavy atom. The first-order chi connectivity index (χ1) is 6.61. The van der Waals surface area contributed by atoms with E-state index in [4.69, 9.17) is 16.9 Å². The summed E-state index contributed by atoms with van der Waals surface area (Å²) < 4.78 is 24.6. The Hall–Kier alpha value is -1.41. The first-order valence-electron chi connectivity index (χ1n) is 3.60. The van der Waals surface area contributed by atoms with Crippen LogP contribution in [-0.2, 0) is 5.88 Å². The second kappa shape index (κ2) is 4.20. The maximum absolute atomic E-state index is 12.3. The molecule has 0 saturated heterocycles. The van der Waals surface area contributed by atoms with E-state index in [9.17, 15) is 13.6 Å². The number of alkyl halides is 3. The van der Waals surface area contributed by atoms with E-state index in [1.165, 1.54) is 0 Å². The van der Waals surface area contributed by atoms with Crippen molar-refractivity contribution >= 4 is 11.6 Å². The van der Waals surface area contributed by atoms with Crippen LogP contribution in [0.15, 0.2) is 11.0 Å². The third-order valence-corrected chi connectivity index (χ3v) is 1.96. The summed E-state index contributed by atoms with van der Waals surface area (Å²) in [5.41, 5.74) is -1.73. The minimum absolute atomic E-state index is 0.218. The number of nitriles is 1. The van der Waals surface area contributed by atoms with Crippen LogP contribution < -0.4 is 5.43 Å². The van der Waals surface area contributed by atoms with Gasteiger partial charge in [0.25, 0.3) is 6.43 Å². The van der Waals surface area contributed by atoms with Gasteiger partial charge in [0.05, 0.1) is 11.6 Å². The van der Waals surface area contributed by atoms with Gasteiger partial charge in [-0.15, -0.1) is 11.6 Å². The maximum Gasteiger partial charge on any atom is 0.278 e. The van der Waals surface area contributed by atoms with Gasteiger partial charge >= 0.3 is 0 Å². The van der Waals surface area contributed by atoms with Crippen molar-refractivity contribution < 1.29 is 8.78 Å². The van der Waals surface area contributed by atoms with Crippen LogP contribution in [0, 0.1) is 11.3 Å². The molecule has 0 amide bonds. The van der Waals surface area contributed by atoms with Crippen molar-refractivity contribution in [3.05, 3.63) is 33.2 Å². The monoisotopic (exact) mass is 218 g/mol. The molecule has 0 fully saturated rings. The van der Waals surface area contributed by atoms with Gasteiger partial charge in [0, 0.05) is 11.8 Å². The molecule has 0 spiro atoms. The van der Waals surface area contributed by atoms with Gasteiger partial charge in [-0.2, -0.15) is 5.26 Å². The molecule has 0 bridgehead atoms. The summed E-state index contributed by atoms with van der Waals surface area (Å²) in [6, 6.07) is 1.59. The molecule has 0 aliphatic carbocycles. The van der Waals surface area contributed by atoms with E-state index in [0.717, 1.165) is 6.20 Å². The summed E-state index contributed by atoms with van der Waals surface area (Å²) in [4.78, 5) is 13.5. The second-order valence-corrected chi connectivity index (χ2v) is 2.74. The van der Waals surface area contributed by atoms with Crippen molar-refractivity contribution in [2.24, 2.45) is 0 Å². The van der Waals surface area contributed by atoms with E-state index in [2.05, 4.69) is 4.98 Å². The van der Waals surface area contributed by atoms with Gasteiger partial charge in [-0.1, -0.05) is 0 Å². The Morgan fingerprint density at radius 2 is 2.29 bits per heavy atom. The van der Waals surface area contributed by atoms with Gasteiger partial charge < -0.3 is 4.98 Å². The van der Waals surface area contributed by atoms with Gasteiger partial charge in [0.15, 0.2) is 0 Å². The van der Waals surface area contributed by atoms with Gasteiger partial charge in [0.2, 0.25) is 5.43 Å². The number of nitrogens with one attached hydrogen (secondary N) is 1. The Kier molecular flexibility index (Phi) is 3.20. The molecule has 1 N–H and O–H groups in total. The Morgan fingerprint density at radius 3 is 2.71 bits per heavy atom. The highest BCUT2D eigenvalue weighted by Gasteiger charge is 2.17. The normalized spacial score (nSPS) is 10.2. The predicted molar refractivity (Wildman–Crippen MR) is 46.3 cm³/mol. The lowest BCUT2D eigenvalue weighted by Gasteiger charge is -2.04. The third-order valence-electron chi connectivity index (χ3n) is 1.69. The van der Waals surface area contributed by atoms with Crippen molar-refractivity contribution in [2.45, 2.75) is 12.3 Å². The van der Waals surface area contributed by atoms with Gasteiger partial charge in [-0.3, -0.25) is 4.79 Å². The molecule has 1 aromatic heterocycles. The van der Waals surface area contributed by atoms with Crippen LogP contribution in [0.2, 0.25) is 0 Å². The summed E-state index contributed by atoms with van der Waals surface area (Å²) in [5.74, 6) is -0.343. The molecule has 1 aromatic rings. The predicted octanol–water partition coefficient (Wildman–Crippen LogP) is 1.92. The van der Waals surface area contributed by atoms with Crippen LogP contribution in [0.1, 0.15) is 23.2 Å². The molecule has 6 heteroatoms. The van der Waals surface area contributed by atoms with Crippen LogP contribution in [-0.4, -0.2) is 4.98 Å². The molecular formula is C8H5ClF2N2O. The third kappa shape index (κ3) is 1.75. The summed E-state index contributed by atoms with van der Waals surface area (Å²) in [7, 11) is 0. The fourth-order valence-corrected chi connectivity index (χ4v) is 1.26. The molecular weight excluding hydrogens is 214 g/mol. The SMILES string of the molecule is N#Cc1c[nH]c(C(F)F)c(CCl)c1=O. The van der Waals surface area contributed by atoms with Crippen LogP contribution in [0.4, 0.5) is 8.78 Å². The number of nitrogens with zero attached hydrogens (tertiary/aromatic N) is 1. The molecule has 74 valence electrons. The first-order valence-corrected chi connectivity index (χ1v) is 4.14. The zero-order valence-corrected chi connectivity index (χ0v) is 7.61. The lowest BCUT2D eigenvalue weighted by Crippen LogP contribution is -2.16. The molecule has 0 aromatic carbocycles. The minimum atomic E-state index is -2.80. The van der Waals surface area contributed by atoms with E-state index < -0.39 is 17.5 Å².